The highest BCUT2D eigenvalue weighted by Gasteiger charge is 2.46. The van der Waals surface area contributed by atoms with Crippen molar-refractivity contribution < 1.29 is 28.6 Å². The van der Waals surface area contributed by atoms with Crippen LogP contribution < -0.4 is 9.47 Å². The summed E-state index contributed by atoms with van der Waals surface area (Å²) in [7, 11) is 2.73. The van der Waals surface area contributed by atoms with Gasteiger partial charge < -0.3 is 23.9 Å². The largest absolute Gasteiger partial charge is 0.507 e. The Morgan fingerprint density at radius 3 is 2.32 bits per heavy atom. The number of aliphatic hydroxyl groups is 1. The summed E-state index contributed by atoms with van der Waals surface area (Å²) in [5, 5.41) is 11.9. The second kappa shape index (κ2) is 9.62. The lowest BCUT2D eigenvalue weighted by Gasteiger charge is -2.25. The number of Topliss-reactive ketones (excluding diaryl/α,β-unsaturated/α-hetero) is 1. The van der Waals surface area contributed by atoms with E-state index in [1.165, 1.54) is 31.4 Å². The minimum absolute atomic E-state index is 0.00288. The van der Waals surface area contributed by atoms with Crippen molar-refractivity contribution in [2.75, 3.05) is 14.2 Å². The Balaban J connectivity index is 1.95. The number of methoxy groups -OCH3 is 2. The zero-order valence-electron chi connectivity index (χ0n) is 18.0. The number of hydrogen-bond acceptors (Lipinski definition) is 6. The van der Waals surface area contributed by atoms with Gasteiger partial charge in [-0.2, -0.15) is 0 Å². The summed E-state index contributed by atoms with van der Waals surface area (Å²) in [4.78, 5) is 27.6. The Hall–Kier alpha value is -3.13. The molecule has 1 saturated heterocycles. The molecule has 1 fully saturated rings. The van der Waals surface area contributed by atoms with Crippen LogP contribution in [-0.2, 0) is 16.1 Å². The number of nitrogens with zero attached hydrogens (tertiary/aromatic N) is 1. The van der Waals surface area contributed by atoms with Gasteiger partial charge in [-0.3, -0.25) is 9.59 Å². The molecule has 1 atom stereocenters. The molecule has 0 aliphatic carbocycles. The van der Waals surface area contributed by atoms with Gasteiger partial charge in [-0.05, 0) is 35.9 Å². The first kappa shape index (κ1) is 24.0. The molecular formula is C24H18Cl3NO6. The number of benzene rings is 2. The molecule has 1 aliphatic rings. The van der Waals surface area contributed by atoms with Gasteiger partial charge in [0.25, 0.3) is 11.7 Å². The number of halogens is 3. The lowest BCUT2D eigenvalue weighted by Crippen LogP contribution is -2.29. The Bertz CT molecular complexity index is 1290. The van der Waals surface area contributed by atoms with Gasteiger partial charge in [0, 0.05) is 5.02 Å². The summed E-state index contributed by atoms with van der Waals surface area (Å²) < 4.78 is 16.0. The van der Waals surface area contributed by atoms with Crippen molar-refractivity contribution in [1.29, 1.82) is 0 Å². The van der Waals surface area contributed by atoms with Crippen LogP contribution in [-0.4, -0.2) is 35.9 Å². The van der Waals surface area contributed by atoms with Crippen LogP contribution in [0.25, 0.3) is 5.76 Å². The monoisotopic (exact) mass is 521 g/mol. The predicted octanol–water partition coefficient (Wildman–Crippen LogP) is 5.88. The summed E-state index contributed by atoms with van der Waals surface area (Å²) in [6, 6.07) is 10.4. The summed E-state index contributed by atoms with van der Waals surface area (Å²) in [5.74, 6) is -1.54. The molecule has 7 nitrogen and oxygen atoms in total. The van der Waals surface area contributed by atoms with E-state index in [0.29, 0.717) is 16.3 Å². The van der Waals surface area contributed by atoms with Crippen molar-refractivity contribution in [2.45, 2.75) is 12.6 Å². The number of carbonyl (C=O) groups excluding carboxylic acids is 2. The van der Waals surface area contributed by atoms with Crippen LogP contribution in [0, 0.1) is 0 Å². The Morgan fingerprint density at radius 1 is 1.06 bits per heavy atom. The van der Waals surface area contributed by atoms with Gasteiger partial charge in [-0.25, -0.2) is 0 Å². The molecule has 1 amide bonds. The number of aliphatic hydroxyl groups excluding tert-OH is 1. The Labute approximate surface area is 210 Å². The topological polar surface area (TPSA) is 89.2 Å². The molecule has 0 saturated carbocycles. The molecule has 2 aromatic carbocycles. The minimum Gasteiger partial charge on any atom is -0.507 e. The maximum Gasteiger partial charge on any atom is 0.296 e. The van der Waals surface area contributed by atoms with E-state index >= 15 is 0 Å². The average Bonchev–Trinajstić information content (AvgIpc) is 3.42. The van der Waals surface area contributed by atoms with E-state index in [4.69, 9.17) is 48.7 Å². The molecular weight excluding hydrogens is 505 g/mol. The van der Waals surface area contributed by atoms with Crippen molar-refractivity contribution in [1.82, 2.24) is 4.90 Å². The Morgan fingerprint density at radius 2 is 1.74 bits per heavy atom. The van der Waals surface area contributed by atoms with Crippen LogP contribution in [0.4, 0.5) is 0 Å². The fourth-order valence-corrected chi connectivity index (χ4v) is 4.71. The molecule has 1 aliphatic heterocycles. The van der Waals surface area contributed by atoms with Crippen LogP contribution in [0.15, 0.2) is 58.7 Å². The van der Waals surface area contributed by atoms with Gasteiger partial charge >= 0.3 is 0 Å². The van der Waals surface area contributed by atoms with Gasteiger partial charge in [0.15, 0.2) is 11.5 Å². The number of carbonyl (C=O) groups is 2. The summed E-state index contributed by atoms with van der Waals surface area (Å²) in [5.41, 5.74) is 0.434. The number of ketones is 1. The molecule has 34 heavy (non-hydrogen) atoms. The fourth-order valence-electron chi connectivity index (χ4n) is 3.90. The van der Waals surface area contributed by atoms with E-state index in [2.05, 4.69) is 0 Å². The summed E-state index contributed by atoms with van der Waals surface area (Å²) in [6.07, 6.45) is 1.47. The zero-order valence-corrected chi connectivity index (χ0v) is 20.2. The highest BCUT2D eigenvalue weighted by Crippen LogP contribution is 2.47. The number of furan rings is 1. The van der Waals surface area contributed by atoms with Crippen molar-refractivity contribution in [2.24, 2.45) is 0 Å². The van der Waals surface area contributed by atoms with Crippen LogP contribution in [0.5, 0.6) is 11.5 Å². The predicted molar refractivity (Wildman–Crippen MR) is 128 cm³/mol. The quantitative estimate of drug-likeness (QED) is 0.247. The van der Waals surface area contributed by atoms with E-state index in [-0.39, 0.29) is 39.2 Å². The van der Waals surface area contributed by atoms with E-state index < -0.39 is 23.5 Å². The highest BCUT2D eigenvalue weighted by atomic mass is 35.5. The van der Waals surface area contributed by atoms with Crippen molar-refractivity contribution in [3.8, 4) is 11.5 Å². The smallest absolute Gasteiger partial charge is 0.296 e. The summed E-state index contributed by atoms with van der Waals surface area (Å²) in [6.45, 7) is 0.00288. The molecule has 1 unspecified atom stereocenters. The van der Waals surface area contributed by atoms with Gasteiger partial charge in [-0.15, -0.1) is 0 Å². The molecule has 0 spiro atoms. The van der Waals surface area contributed by atoms with Gasteiger partial charge in [0.05, 0.1) is 49.2 Å². The average molecular weight is 523 g/mol. The molecule has 10 heteroatoms. The van der Waals surface area contributed by atoms with Crippen LogP contribution in [0.1, 0.15) is 22.9 Å². The van der Waals surface area contributed by atoms with Crippen LogP contribution in [0.3, 0.4) is 0 Å². The zero-order chi connectivity index (χ0) is 24.6. The number of ether oxygens (including phenoxy) is 2. The molecule has 1 N–H and O–H groups in total. The molecule has 4 rings (SSSR count). The fraction of sp³-hybridized carbons (Fsp3) is 0.167. The molecule has 0 bridgehead atoms. The molecule has 0 radical (unpaired) electrons. The number of amides is 1. The highest BCUT2D eigenvalue weighted by molar-refractivity contribution is 6.47. The van der Waals surface area contributed by atoms with E-state index in [0.717, 1.165) is 0 Å². The number of hydrogen-bond donors (Lipinski definition) is 1. The maximum absolute atomic E-state index is 13.2. The van der Waals surface area contributed by atoms with Gasteiger partial charge in [-0.1, -0.05) is 46.9 Å². The van der Waals surface area contributed by atoms with E-state index in [9.17, 15) is 14.7 Å². The molecule has 2 heterocycles. The first-order chi connectivity index (χ1) is 16.3. The second-order valence-electron chi connectivity index (χ2n) is 7.34. The third-order valence-corrected chi connectivity index (χ3v) is 6.30. The standard InChI is InChI=1S/C24H18Cl3NO6/c1-32-22-15(10-16(26)23(33-2)18(22)27)20(29)17-19(12-5-7-13(25)8-6-12)28(24(31)21(17)30)11-14-4-3-9-34-14/h3-10,19,29H,11H2,1-2H3/b20-17+. The normalized spacial score (nSPS) is 17.3. The lowest BCUT2D eigenvalue weighted by molar-refractivity contribution is -0.140. The molecule has 1 aromatic heterocycles. The van der Waals surface area contributed by atoms with Crippen LogP contribution >= 0.6 is 34.8 Å². The molecule has 176 valence electrons. The van der Waals surface area contributed by atoms with Crippen LogP contribution in [0.2, 0.25) is 15.1 Å². The van der Waals surface area contributed by atoms with Gasteiger partial charge in [0.2, 0.25) is 0 Å². The Kier molecular flexibility index (Phi) is 6.79. The van der Waals surface area contributed by atoms with E-state index in [1.807, 2.05) is 0 Å². The first-order valence-corrected chi connectivity index (χ1v) is 11.1. The lowest BCUT2D eigenvalue weighted by atomic mass is 9.95. The van der Waals surface area contributed by atoms with Crippen molar-refractivity contribution in [3.63, 3.8) is 0 Å². The van der Waals surface area contributed by atoms with E-state index in [1.54, 1.807) is 36.4 Å². The number of rotatable bonds is 6. The summed E-state index contributed by atoms with van der Waals surface area (Å²) >= 11 is 18.7. The third kappa shape index (κ3) is 4.11. The SMILES string of the molecule is COc1c(Cl)cc(/C(O)=C2\C(=O)C(=O)N(Cc3ccco3)C2c2ccc(Cl)cc2)c(OC)c1Cl. The van der Waals surface area contributed by atoms with Crippen molar-refractivity contribution in [3.05, 3.63) is 86.3 Å². The number of likely N-dealkylation sites (tertiary alicyclic amines) is 1. The van der Waals surface area contributed by atoms with Gasteiger partial charge in [0.1, 0.15) is 16.5 Å². The third-order valence-electron chi connectivity index (χ3n) is 5.43. The second-order valence-corrected chi connectivity index (χ2v) is 8.57. The minimum atomic E-state index is -0.938. The van der Waals surface area contributed by atoms with Crippen molar-refractivity contribution >= 4 is 52.3 Å². The maximum atomic E-state index is 13.2. The molecule has 3 aromatic rings. The first-order valence-electron chi connectivity index (χ1n) is 9.95.